The predicted molar refractivity (Wildman–Crippen MR) is 99.8 cm³/mol. The van der Waals surface area contributed by atoms with E-state index >= 15 is 0 Å². The summed E-state index contributed by atoms with van der Waals surface area (Å²) in [5, 5.41) is 0. The van der Waals surface area contributed by atoms with Gasteiger partial charge in [-0.1, -0.05) is 30.3 Å². The lowest BCUT2D eigenvalue weighted by Crippen LogP contribution is -2.38. The molecule has 1 amide bonds. The van der Waals surface area contributed by atoms with E-state index in [1.54, 1.807) is 30.0 Å². The molecule has 0 atom stereocenters. The molecule has 2 aromatic carbocycles. The van der Waals surface area contributed by atoms with Crippen molar-refractivity contribution in [2.45, 2.75) is 26.3 Å². The summed E-state index contributed by atoms with van der Waals surface area (Å²) in [4.78, 5) is 37.9. The SMILES string of the molecule is CCOC(=O)CCC(=O)c1ccc2c(c1)N(Cc1ccccc1)C(=O)CO2. The zero-order valence-corrected chi connectivity index (χ0v) is 15.1. The van der Waals surface area contributed by atoms with Gasteiger partial charge in [0.1, 0.15) is 5.75 Å². The number of hydrogen-bond donors (Lipinski definition) is 0. The number of benzene rings is 2. The van der Waals surface area contributed by atoms with Crippen LogP contribution in [0.4, 0.5) is 5.69 Å². The van der Waals surface area contributed by atoms with Gasteiger partial charge in [0.05, 0.1) is 25.3 Å². The van der Waals surface area contributed by atoms with E-state index in [-0.39, 0.29) is 31.1 Å². The highest BCUT2D eigenvalue weighted by molar-refractivity contribution is 6.02. The molecular formula is C21H21NO5. The standard InChI is InChI=1S/C21H21NO5/c1-2-26-21(25)11-9-18(23)16-8-10-19-17(12-16)22(20(24)14-27-19)13-15-6-4-3-5-7-15/h3-8,10,12H,2,9,11,13-14H2,1H3. The second-order valence-corrected chi connectivity index (χ2v) is 6.16. The van der Waals surface area contributed by atoms with Gasteiger partial charge in [-0.2, -0.15) is 0 Å². The minimum Gasteiger partial charge on any atom is -0.482 e. The highest BCUT2D eigenvalue weighted by Crippen LogP contribution is 2.34. The summed E-state index contributed by atoms with van der Waals surface area (Å²) >= 11 is 0. The lowest BCUT2D eigenvalue weighted by Gasteiger charge is -2.29. The maximum atomic E-state index is 12.4. The quantitative estimate of drug-likeness (QED) is 0.555. The number of nitrogens with zero attached hydrogens (tertiary/aromatic N) is 1. The number of hydrogen-bond acceptors (Lipinski definition) is 5. The molecule has 1 heterocycles. The van der Waals surface area contributed by atoms with Crippen molar-refractivity contribution in [1.29, 1.82) is 0 Å². The van der Waals surface area contributed by atoms with Gasteiger partial charge in [-0.15, -0.1) is 0 Å². The van der Waals surface area contributed by atoms with Crippen molar-refractivity contribution in [3.63, 3.8) is 0 Å². The Labute approximate surface area is 157 Å². The van der Waals surface area contributed by atoms with Crippen LogP contribution in [0.25, 0.3) is 0 Å². The largest absolute Gasteiger partial charge is 0.482 e. The zero-order valence-electron chi connectivity index (χ0n) is 15.1. The number of esters is 1. The van der Waals surface area contributed by atoms with Crippen LogP contribution in [0.2, 0.25) is 0 Å². The minimum atomic E-state index is -0.395. The van der Waals surface area contributed by atoms with Crippen LogP contribution in [0.3, 0.4) is 0 Å². The molecule has 6 nitrogen and oxygen atoms in total. The number of amides is 1. The normalized spacial score (nSPS) is 12.9. The molecule has 1 aliphatic heterocycles. The average molecular weight is 367 g/mol. The number of carbonyl (C=O) groups is 3. The van der Waals surface area contributed by atoms with Gasteiger partial charge in [-0.25, -0.2) is 0 Å². The van der Waals surface area contributed by atoms with Crippen molar-refractivity contribution in [1.82, 2.24) is 0 Å². The second-order valence-electron chi connectivity index (χ2n) is 6.16. The Balaban J connectivity index is 1.80. The number of ether oxygens (including phenoxy) is 2. The fourth-order valence-corrected chi connectivity index (χ4v) is 2.91. The molecule has 0 fully saturated rings. The molecule has 6 heteroatoms. The van der Waals surface area contributed by atoms with Crippen LogP contribution in [0.15, 0.2) is 48.5 Å². The molecule has 2 aromatic rings. The lowest BCUT2D eigenvalue weighted by atomic mass is 10.0. The summed E-state index contributed by atoms with van der Waals surface area (Å²) in [6.45, 7) is 2.38. The highest BCUT2D eigenvalue weighted by atomic mass is 16.5. The van der Waals surface area contributed by atoms with E-state index < -0.39 is 5.97 Å². The third-order valence-corrected chi connectivity index (χ3v) is 4.27. The molecule has 1 aliphatic rings. The number of fused-ring (bicyclic) bond motifs is 1. The van der Waals surface area contributed by atoms with Gasteiger partial charge in [0.25, 0.3) is 5.91 Å². The summed E-state index contributed by atoms with van der Waals surface area (Å²) in [6.07, 6.45) is 0.0953. The Morgan fingerprint density at radius 2 is 1.89 bits per heavy atom. The molecule has 0 bridgehead atoms. The van der Waals surface area contributed by atoms with Crippen molar-refractivity contribution in [3.05, 3.63) is 59.7 Å². The Bertz CT molecular complexity index is 847. The average Bonchev–Trinajstić information content (AvgIpc) is 2.69. The molecule has 3 rings (SSSR count). The van der Waals surface area contributed by atoms with Crippen LogP contribution in [0, 0.1) is 0 Å². The first kappa shape index (κ1) is 18.6. The van der Waals surface area contributed by atoms with Gasteiger partial charge in [0.2, 0.25) is 0 Å². The molecule has 0 spiro atoms. The van der Waals surface area contributed by atoms with Gasteiger partial charge in [-0.3, -0.25) is 14.4 Å². The molecule has 0 aliphatic carbocycles. The van der Waals surface area contributed by atoms with Crippen molar-refractivity contribution in [3.8, 4) is 5.75 Å². The summed E-state index contributed by atoms with van der Waals surface area (Å²) in [5.74, 6) is -0.175. The van der Waals surface area contributed by atoms with E-state index in [0.29, 0.717) is 30.2 Å². The van der Waals surface area contributed by atoms with Crippen LogP contribution in [0.1, 0.15) is 35.7 Å². The summed E-state index contributed by atoms with van der Waals surface area (Å²) in [6, 6.07) is 14.6. The maximum Gasteiger partial charge on any atom is 0.306 e. The summed E-state index contributed by atoms with van der Waals surface area (Å²) in [5.41, 5.74) is 1.99. The first-order chi connectivity index (χ1) is 13.1. The molecule has 0 saturated heterocycles. The molecule has 0 N–H and O–H groups in total. The molecule has 140 valence electrons. The maximum absolute atomic E-state index is 12.4. The first-order valence-corrected chi connectivity index (χ1v) is 8.88. The molecule has 0 aromatic heterocycles. The molecule has 27 heavy (non-hydrogen) atoms. The Morgan fingerprint density at radius 1 is 1.11 bits per heavy atom. The zero-order chi connectivity index (χ0) is 19.2. The third-order valence-electron chi connectivity index (χ3n) is 4.27. The van der Waals surface area contributed by atoms with Gasteiger partial charge >= 0.3 is 5.97 Å². The van der Waals surface area contributed by atoms with E-state index in [0.717, 1.165) is 5.56 Å². The van der Waals surface area contributed by atoms with Crippen LogP contribution in [0.5, 0.6) is 5.75 Å². The van der Waals surface area contributed by atoms with Crippen molar-refractivity contribution in [2.75, 3.05) is 18.1 Å². The monoisotopic (exact) mass is 367 g/mol. The smallest absolute Gasteiger partial charge is 0.306 e. The van der Waals surface area contributed by atoms with Gasteiger partial charge in [-0.05, 0) is 30.7 Å². The van der Waals surface area contributed by atoms with E-state index in [1.165, 1.54) is 0 Å². The van der Waals surface area contributed by atoms with Crippen LogP contribution in [-0.4, -0.2) is 30.9 Å². The van der Waals surface area contributed by atoms with E-state index in [2.05, 4.69) is 0 Å². The first-order valence-electron chi connectivity index (χ1n) is 8.88. The van der Waals surface area contributed by atoms with E-state index in [9.17, 15) is 14.4 Å². The lowest BCUT2D eigenvalue weighted by molar-refractivity contribution is -0.143. The topological polar surface area (TPSA) is 72.9 Å². The van der Waals surface area contributed by atoms with Gasteiger partial charge < -0.3 is 14.4 Å². The fourth-order valence-electron chi connectivity index (χ4n) is 2.91. The van der Waals surface area contributed by atoms with Crippen molar-refractivity contribution < 1.29 is 23.9 Å². The van der Waals surface area contributed by atoms with E-state index in [1.807, 2.05) is 30.3 Å². The third kappa shape index (κ3) is 4.53. The Morgan fingerprint density at radius 3 is 2.63 bits per heavy atom. The highest BCUT2D eigenvalue weighted by Gasteiger charge is 2.26. The number of anilines is 1. The van der Waals surface area contributed by atoms with Crippen molar-refractivity contribution in [2.24, 2.45) is 0 Å². The minimum absolute atomic E-state index is 0.0318. The van der Waals surface area contributed by atoms with Crippen LogP contribution >= 0.6 is 0 Å². The van der Waals surface area contributed by atoms with Crippen LogP contribution in [-0.2, 0) is 20.9 Å². The number of Topliss-reactive ketones (excluding diaryl/α,β-unsaturated/α-hetero) is 1. The van der Waals surface area contributed by atoms with Gasteiger partial charge in [0.15, 0.2) is 12.4 Å². The molecule has 0 radical (unpaired) electrons. The van der Waals surface area contributed by atoms with Crippen LogP contribution < -0.4 is 9.64 Å². The second kappa shape index (κ2) is 8.49. The number of rotatable bonds is 7. The fraction of sp³-hybridized carbons (Fsp3) is 0.286. The van der Waals surface area contributed by atoms with E-state index in [4.69, 9.17) is 9.47 Å². The predicted octanol–water partition coefficient (Wildman–Crippen LogP) is 3.14. The number of ketones is 1. The Kier molecular flexibility index (Phi) is 5.86. The molecule has 0 unspecified atom stereocenters. The number of carbonyl (C=O) groups excluding carboxylic acids is 3. The Hall–Kier alpha value is -3.15. The molecule has 0 saturated carbocycles. The van der Waals surface area contributed by atoms with Gasteiger partial charge in [0, 0.05) is 12.0 Å². The summed E-state index contributed by atoms with van der Waals surface area (Å²) < 4.78 is 10.3. The van der Waals surface area contributed by atoms with Crippen molar-refractivity contribution >= 4 is 23.3 Å². The molecular weight excluding hydrogens is 346 g/mol. The summed E-state index contributed by atoms with van der Waals surface area (Å²) in [7, 11) is 0.